The Labute approximate surface area is 138 Å². The van der Waals surface area contributed by atoms with Gasteiger partial charge in [0.1, 0.15) is 5.82 Å². The van der Waals surface area contributed by atoms with Crippen molar-refractivity contribution in [3.63, 3.8) is 0 Å². The topological polar surface area (TPSA) is 84.1 Å². The van der Waals surface area contributed by atoms with E-state index in [0.717, 1.165) is 22.2 Å². The number of amides is 1. The number of fused-ring (bicyclic) bond motifs is 1. The van der Waals surface area contributed by atoms with Crippen LogP contribution >= 0.6 is 0 Å². The van der Waals surface area contributed by atoms with Gasteiger partial charge in [0.05, 0.1) is 19.1 Å². The number of benzene rings is 1. The summed E-state index contributed by atoms with van der Waals surface area (Å²) in [5, 5.41) is 3.75. The van der Waals surface area contributed by atoms with E-state index >= 15 is 0 Å². The molecule has 1 aromatic carbocycles. The Balaban J connectivity index is 1.78. The molecule has 0 saturated heterocycles. The Morgan fingerprint density at radius 3 is 2.83 bits per heavy atom. The van der Waals surface area contributed by atoms with Crippen LogP contribution in [0.1, 0.15) is 21.6 Å². The lowest BCUT2D eigenvalue weighted by atomic mass is 10.1. The molecule has 0 spiro atoms. The maximum absolute atomic E-state index is 12.3. The number of esters is 1. The Morgan fingerprint density at radius 1 is 1.25 bits per heavy atom. The first-order chi connectivity index (χ1) is 11.6. The molecule has 2 N–H and O–H groups in total. The Bertz CT molecular complexity index is 915. The minimum atomic E-state index is -0.472. The van der Waals surface area contributed by atoms with Gasteiger partial charge in [-0.1, -0.05) is 18.2 Å². The number of para-hydroxylation sites is 1. The molecule has 0 radical (unpaired) electrons. The highest BCUT2D eigenvalue weighted by molar-refractivity contribution is 5.97. The summed E-state index contributed by atoms with van der Waals surface area (Å²) in [6, 6.07) is 10.9. The second-order valence-electron chi connectivity index (χ2n) is 5.42. The molecule has 1 amide bonds. The van der Waals surface area contributed by atoms with Crippen LogP contribution in [0.5, 0.6) is 0 Å². The van der Waals surface area contributed by atoms with E-state index in [4.69, 9.17) is 0 Å². The molecule has 0 atom stereocenters. The number of aromatic amines is 1. The number of aryl methyl sites for hydroxylation is 1. The van der Waals surface area contributed by atoms with Crippen molar-refractivity contribution in [3.8, 4) is 0 Å². The van der Waals surface area contributed by atoms with Gasteiger partial charge in [-0.25, -0.2) is 9.78 Å². The number of nitrogens with one attached hydrogen (secondary N) is 2. The summed E-state index contributed by atoms with van der Waals surface area (Å²) in [5.41, 5.74) is 3.25. The van der Waals surface area contributed by atoms with Crippen molar-refractivity contribution < 1.29 is 14.3 Å². The number of carbonyl (C=O) groups is 2. The number of methoxy groups -OCH3 is 1. The summed E-state index contributed by atoms with van der Waals surface area (Å²) in [6.07, 6.45) is 1.68. The van der Waals surface area contributed by atoms with Crippen LogP contribution in [0.25, 0.3) is 10.9 Å². The van der Waals surface area contributed by atoms with Crippen LogP contribution in [0.3, 0.4) is 0 Å². The standard InChI is InChI=1S/C18H17N3O3/c1-11-14(13-5-3-4-6-15(13)20-11)10-17(22)21-16-9-12(7-8-19-16)18(23)24-2/h3-9,20H,10H2,1-2H3,(H,19,21,22). The first-order valence-electron chi connectivity index (χ1n) is 7.49. The number of hydrogen-bond donors (Lipinski definition) is 2. The Hall–Kier alpha value is -3.15. The number of nitrogens with zero attached hydrogens (tertiary/aromatic N) is 1. The maximum atomic E-state index is 12.3. The number of hydrogen-bond acceptors (Lipinski definition) is 4. The zero-order valence-electron chi connectivity index (χ0n) is 13.4. The van der Waals surface area contributed by atoms with E-state index in [1.54, 1.807) is 0 Å². The predicted octanol–water partition coefficient (Wildman–Crippen LogP) is 2.84. The first kappa shape index (κ1) is 15.7. The van der Waals surface area contributed by atoms with Crippen LogP contribution in [0.2, 0.25) is 0 Å². The summed E-state index contributed by atoms with van der Waals surface area (Å²) in [4.78, 5) is 31.2. The van der Waals surface area contributed by atoms with E-state index in [-0.39, 0.29) is 12.3 Å². The summed E-state index contributed by atoms with van der Waals surface area (Å²) < 4.78 is 4.66. The molecule has 3 rings (SSSR count). The monoisotopic (exact) mass is 323 g/mol. The van der Waals surface area contributed by atoms with Crippen molar-refractivity contribution in [2.75, 3.05) is 12.4 Å². The zero-order valence-corrected chi connectivity index (χ0v) is 13.4. The van der Waals surface area contributed by atoms with Gasteiger partial charge in [0.15, 0.2) is 0 Å². The average Bonchev–Trinajstić information content (AvgIpc) is 2.90. The largest absolute Gasteiger partial charge is 0.465 e. The Morgan fingerprint density at radius 2 is 2.04 bits per heavy atom. The molecule has 0 unspecified atom stereocenters. The fraction of sp³-hybridized carbons (Fsp3) is 0.167. The lowest BCUT2D eigenvalue weighted by Gasteiger charge is -2.06. The molecule has 122 valence electrons. The SMILES string of the molecule is COC(=O)c1ccnc(NC(=O)Cc2c(C)[nH]c3ccccc23)c1. The van der Waals surface area contributed by atoms with Crippen molar-refractivity contribution in [1.82, 2.24) is 9.97 Å². The van der Waals surface area contributed by atoms with E-state index in [1.165, 1.54) is 25.4 Å². The van der Waals surface area contributed by atoms with Gasteiger partial charge in [-0.2, -0.15) is 0 Å². The third-order valence-corrected chi connectivity index (χ3v) is 3.81. The van der Waals surface area contributed by atoms with Gasteiger partial charge in [-0.3, -0.25) is 4.79 Å². The fourth-order valence-electron chi connectivity index (χ4n) is 2.65. The van der Waals surface area contributed by atoms with Crippen LogP contribution in [0.4, 0.5) is 5.82 Å². The molecular formula is C18H17N3O3. The highest BCUT2D eigenvalue weighted by Gasteiger charge is 2.13. The second kappa shape index (κ2) is 6.54. The minimum Gasteiger partial charge on any atom is -0.465 e. The number of H-pyrrole nitrogens is 1. The van der Waals surface area contributed by atoms with Crippen LogP contribution in [0.15, 0.2) is 42.6 Å². The molecule has 2 aromatic heterocycles. The van der Waals surface area contributed by atoms with E-state index in [2.05, 4.69) is 20.0 Å². The predicted molar refractivity (Wildman–Crippen MR) is 90.9 cm³/mol. The van der Waals surface area contributed by atoms with Gasteiger partial charge in [0, 0.05) is 22.8 Å². The summed E-state index contributed by atoms with van der Waals surface area (Å²) in [6.45, 7) is 1.94. The molecular weight excluding hydrogens is 306 g/mol. The molecule has 0 aliphatic carbocycles. The smallest absolute Gasteiger partial charge is 0.338 e. The summed E-state index contributed by atoms with van der Waals surface area (Å²) in [7, 11) is 1.31. The molecule has 0 bridgehead atoms. The van der Waals surface area contributed by atoms with Crippen molar-refractivity contribution in [2.24, 2.45) is 0 Å². The number of pyridine rings is 1. The normalized spacial score (nSPS) is 10.6. The molecule has 6 nitrogen and oxygen atoms in total. The van der Waals surface area contributed by atoms with E-state index in [0.29, 0.717) is 11.4 Å². The number of carbonyl (C=O) groups excluding carboxylic acids is 2. The lowest BCUT2D eigenvalue weighted by molar-refractivity contribution is -0.115. The molecule has 3 aromatic rings. The summed E-state index contributed by atoms with van der Waals surface area (Å²) >= 11 is 0. The summed E-state index contributed by atoms with van der Waals surface area (Å²) in [5.74, 6) is -0.349. The third-order valence-electron chi connectivity index (χ3n) is 3.81. The van der Waals surface area contributed by atoms with Crippen LogP contribution in [-0.2, 0) is 16.0 Å². The number of rotatable bonds is 4. The van der Waals surface area contributed by atoms with Crippen LogP contribution in [0, 0.1) is 6.92 Å². The van der Waals surface area contributed by atoms with Gasteiger partial charge in [0.2, 0.25) is 5.91 Å². The highest BCUT2D eigenvalue weighted by atomic mass is 16.5. The number of ether oxygens (including phenoxy) is 1. The molecule has 0 fully saturated rings. The zero-order chi connectivity index (χ0) is 17.1. The van der Waals surface area contributed by atoms with Gasteiger partial charge in [0.25, 0.3) is 0 Å². The third kappa shape index (κ3) is 3.12. The van der Waals surface area contributed by atoms with Crippen molar-refractivity contribution >= 4 is 28.6 Å². The molecule has 2 heterocycles. The van der Waals surface area contributed by atoms with Crippen LogP contribution < -0.4 is 5.32 Å². The quantitative estimate of drug-likeness (QED) is 0.723. The van der Waals surface area contributed by atoms with Gasteiger partial charge in [-0.05, 0) is 30.7 Å². The van der Waals surface area contributed by atoms with Gasteiger partial charge in [-0.15, -0.1) is 0 Å². The maximum Gasteiger partial charge on any atom is 0.338 e. The molecule has 0 aliphatic rings. The number of anilines is 1. The average molecular weight is 323 g/mol. The van der Waals surface area contributed by atoms with Gasteiger partial charge < -0.3 is 15.0 Å². The second-order valence-corrected chi connectivity index (χ2v) is 5.42. The molecule has 6 heteroatoms. The highest BCUT2D eigenvalue weighted by Crippen LogP contribution is 2.22. The first-order valence-corrected chi connectivity index (χ1v) is 7.49. The lowest BCUT2D eigenvalue weighted by Crippen LogP contribution is -2.16. The molecule has 0 saturated carbocycles. The van der Waals surface area contributed by atoms with Crippen molar-refractivity contribution in [2.45, 2.75) is 13.3 Å². The van der Waals surface area contributed by atoms with E-state index in [9.17, 15) is 9.59 Å². The van der Waals surface area contributed by atoms with Crippen LogP contribution in [-0.4, -0.2) is 29.0 Å². The van der Waals surface area contributed by atoms with E-state index in [1.807, 2.05) is 31.2 Å². The van der Waals surface area contributed by atoms with Gasteiger partial charge >= 0.3 is 5.97 Å². The van der Waals surface area contributed by atoms with Crippen molar-refractivity contribution in [3.05, 3.63) is 59.4 Å². The molecule has 0 aliphatic heterocycles. The molecule has 24 heavy (non-hydrogen) atoms. The number of aromatic nitrogens is 2. The fourth-order valence-corrected chi connectivity index (χ4v) is 2.65. The Kier molecular flexibility index (Phi) is 4.29. The van der Waals surface area contributed by atoms with Crippen molar-refractivity contribution in [1.29, 1.82) is 0 Å². The minimum absolute atomic E-state index is 0.197. The van der Waals surface area contributed by atoms with E-state index < -0.39 is 5.97 Å².